The van der Waals surface area contributed by atoms with Crippen LogP contribution in [0.25, 0.3) is 0 Å². The number of hydrogen-bond donors (Lipinski definition) is 1. The molecule has 0 unspecified atom stereocenters. The smallest absolute Gasteiger partial charge is 0.0342 e. The highest BCUT2D eigenvalue weighted by molar-refractivity contribution is 5.46. The van der Waals surface area contributed by atoms with Crippen LogP contribution >= 0.6 is 0 Å². The summed E-state index contributed by atoms with van der Waals surface area (Å²) in [6.07, 6.45) is 5.36. The van der Waals surface area contributed by atoms with Gasteiger partial charge in [-0.05, 0) is 60.6 Å². The van der Waals surface area contributed by atoms with Crippen LogP contribution in [0, 0.1) is 11.3 Å². The fourth-order valence-electron chi connectivity index (χ4n) is 3.30. The van der Waals surface area contributed by atoms with Gasteiger partial charge in [0.25, 0.3) is 0 Å². The summed E-state index contributed by atoms with van der Waals surface area (Å²) in [5.74, 6) is 1.51. The first-order chi connectivity index (χ1) is 9.36. The molecule has 1 saturated carbocycles. The van der Waals surface area contributed by atoms with E-state index in [0.29, 0.717) is 17.4 Å². The maximum Gasteiger partial charge on any atom is 0.0342 e. The van der Waals surface area contributed by atoms with Crippen molar-refractivity contribution in [3.8, 4) is 0 Å². The summed E-state index contributed by atoms with van der Waals surface area (Å²) < 4.78 is 0. The molecule has 1 nitrogen and oxygen atoms in total. The molecule has 0 aliphatic heterocycles. The summed E-state index contributed by atoms with van der Waals surface area (Å²) in [6.45, 7) is 11.6. The molecule has 1 heteroatoms. The fraction of sp³-hybridized carbons (Fsp3) is 0.684. The Balaban J connectivity index is 1.86. The summed E-state index contributed by atoms with van der Waals surface area (Å²) >= 11 is 0. The molecule has 1 aromatic rings. The maximum absolute atomic E-state index is 3.72. The molecule has 1 N–H and O–H groups in total. The lowest BCUT2D eigenvalue weighted by molar-refractivity contribution is 0.173. The van der Waals surface area contributed by atoms with Crippen molar-refractivity contribution in [1.82, 2.24) is 0 Å². The Morgan fingerprint density at radius 1 is 0.950 bits per heavy atom. The average molecular weight is 273 g/mol. The quantitative estimate of drug-likeness (QED) is 0.731. The van der Waals surface area contributed by atoms with Crippen LogP contribution in [-0.2, 0) is 0 Å². The molecule has 1 aliphatic carbocycles. The third kappa shape index (κ3) is 4.01. The van der Waals surface area contributed by atoms with Crippen LogP contribution in [-0.4, -0.2) is 6.04 Å². The molecule has 1 aliphatic rings. The van der Waals surface area contributed by atoms with Crippen LogP contribution in [0.2, 0.25) is 0 Å². The highest BCUT2D eigenvalue weighted by Crippen LogP contribution is 2.38. The van der Waals surface area contributed by atoms with E-state index in [-0.39, 0.29) is 0 Å². The van der Waals surface area contributed by atoms with E-state index in [1.807, 2.05) is 0 Å². The number of anilines is 1. The molecule has 0 atom stereocenters. The summed E-state index contributed by atoms with van der Waals surface area (Å²) in [5, 5.41) is 3.72. The van der Waals surface area contributed by atoms with Crippen molar-refractivity contribution in [3.63, 3.8) is 0 Å². The van der Waals surface area contributed by atoms with Crippen LogP contribution < -0.4 is 5.32 Å². The van der Waals surface area contributed by atoms with Crippen LogP contribution in [0.5, 0.6) is 0 Å². The van der Waals surface area contributed by atoms with Crippen LogP contribution in [0.15, 0.2) is 24.3 Å². The van der Waals surface area contributed by atoms with Gasteiger partial charge in [0.15, 0.2) is 0 Å². The highest BCUT2D eigenvalue weighted by Gasteiger charge is 2.29. The Morgan fingerprint density at radius 2 is 1.50 bits per heavy atom. The molecule has 0 amide bonds. The molecule has 0 radical (unpaired) electrons. The van der Waals surface area contributed by atoms with Gasteiger partial charge in [0.2, 0.25) is 0 Å². The monoisotopic (exact) mass is 273 g/mol. The van der Waals surface area contributed by atoms with Crippen molar-refractivity contribution in [2.75, 3.05) is 5.32 Å². The second kappa shape index (κ2) is 6.20. The average Bonchev–Trinajstić information content (AvgIpc) is 2.39. The van der Waals surface area contributed by atoms with Crippen molar-refractivity contribution >= 4 is 5.69 Å². The van der Waals surface area contributed by atoms with Gasteiger partial charge in [-0.3, -0.25) is 0 Å². The predicted molar refractivity (Wildman–Crippen MR) is 89.4 cm³/mol. The van der Waals surface area contributed by atoms with Gasteiger partial charge in [-0.1, -0.05) is 46.8 Å². The highest BCUT2D eigenvalue weighted by atomic mass is 14.9. The van der Waals surface area contributed by atoms with Crippen molar-refractivity contribution in [2.45, 2.75) is 72.3 Å². The zero-order chi connectivity index (χ0) is 14.8. The van der Waals surface area contributed by atoms with E-state index < -0.39 is 0 Å². The van der Waals surface area contributed by atoms with Gasteiger partial charge < -0.3 is 5.32 Å². The molecule has 20 heavy (non-hydrogen) atoms. The summed E-state index contributed by atoms with van der Waals surface area (Å²) in [5.41, 5.74) is 3.18. The first kappa shape index (κ1) is 15.4. The Morgan fingerprint density at radius 3 is 1.95 bits per heavy atom. The third-order valence-electron chi connectivity index (χ3n) is 4.90. The van der Waals surface area contributed by atoms with Crippen molar-refractivity contribution in [1.29, 1.82) is 0 Å². The lowest BCUT2D eigenvalue weighted by atomic mass is 9.71. The van der Waals surface area contributed by atoms with Gasteiger partial charge >= 0.3 is 0 Å². The number of benzene rings is 1. The van der Waals surface area contributed by atoms with Gasteiger partial charge in [0, 0.05) is 11.7 Å². The minimum Gasteiger partial charge on any atom is -0.382 e. The second-order valence-corrected chi connectivity index (χ2v) is 7.84. The van der Waals surface area contributed by atoms with E-state index in [4.69, 9.17) is 0 Å². The van der Waals surface area contributed by atoms with Crippen molar-refractivity contribution < 1.29 is 0 Å². The SMILES string of the molecule is CC(C)c1ccc(NC2CCC(C(C)(C)C)CC2)cc1. The van der Waals surface area contributed by atoms with Gasteiger partial charge in [-0.2, -0.15) is 0 Å². The van der Waals surface area contributed by atoms with E-state index in [1.54, 1.807) is 0 Å². The van der Waals surface area contributed by atoms with E-state index in [1.165, 1.54) is 36.9 Å². The molecule has 0 spiro atoms. The molecule has 2 rings (SSSR count). The molecule has 1 aromatic carbocycles. The molecular weight excluding hydrogens is 242 g/mol. The summed E-state index contributed by atoms with van der Waals surface area (Å²) in [6, 6.07) is 9.66. The molecule has 0 aromatic heterocycles. The normalized spacial score (nSPS) is 23.9. The van der Waals surface area contributed by atoms with E-state index in [0.717, 1.165) is 5.92 Å². The van der Waals surface area contributed by atoms with Gasteiger partial charge in [0.1, 0.15) is 0 Å². The lowest BCUT2D eigenvalue weighted by Crippen LogP contribution is -2.31. The van der Waals surface area contributed by atoms with Crippen LogP contribution in [0.3, 0.4) is 0 Å². The number of hydrogen-bond acceptors (Lipinski definition) is 1. The Labute approximate surface area is 125 Å². The summed E-state index contributed by atoms with van der Waals surface area (Å²) in [4.78, 5) is 0. The minimum absolute atomic E-state index is 0.476. The Hall–Kier alpha value is -0.980. The molecule has 1 fully saturated rings. The van der Waals surface area contributed by atoms with Crippen LogP contribution in [0.1, 0.15) is 71.8 Å². The fourth-order valence-corrected chi connectivity index (χ4v) is 3.30. The molecule has 0 saturated heterocycles. The standard InChI is InChI=1S/C19H31N/c1-14(2)15-6-10-17(11-7-15)20-18-12-8-16(9-13-18)19(3,4)5/h6-7,10-11,14,16,18,20H,8-9,12-13H2,1-5H3. The zero-order valence-electron chi connectivity index (χ0n) is 13.9. The second-order valence-electron chi connectivity index (χ2n) is 7.84. The molecular formula is C19H31N. The predicted octanol–water partition coefficient (Wildman–Crippen LogP) is 5.83. The lowest BCUT2D eigenvalue weighted by Gasteiger charge is -2.37. The van der Waals surface area contributed by atoms with Gasteiger partial charge in [-0.25, -0.2) is 0 Å². The van der Waals surface area contributed by atoms with E-state index >= 15 is 0 Å². The number of nitrogens with one attached hydrogen (secondary N) is 1. The first-order valence-corrected chi connectivity index (χ1v) is 8.23. The van der Waals surface area contributed by atoms with Gasteiger partial charge in [0.05, 0.1) is 0 Å². The summed E-state index contributed by atoms with van der Waals surface area (Å²) in [7, 11) is 0. The number of rotatable bonds is 3. The topological polar surface area (TPSA) is 12.0 Å². The largest absolute Gasteiger partial charge is 0.382 e. The Kier molecular flexibility index (Phi) is 4.78. The minimum atomic E-state index is 0.476. The van der Waals surface area contributed by atoms with Gasteiger partial charge in [-0.15, -0.1) is 0 Å². The maximum atomic E-state index is 3.72. The first-order valence-electron chi connectivity index (χ1n) is 8.23. The Bertz CT molecular complexity index is 402. The zero-order valence-corrected chi connectivity index (χ0v) is 13.9. The van der Waals surface area contributed by atoms with E-state index in [9.17, 15) is 0 Å². The molecule has 0 bridgehead atoms. The van der Waals surface area contributed by atoms with E-state index in [2.05, 4.69) is 64.2 Å². The van der Waals surface area contributed by atoms with Crippen molar-refractivity contribution in [3.05, 3.63) is 29.8 Å². The molecule has 112 valence electrons. The third-order valence-corrected chi connectivity index (χ3v) is 4.90. The molecule has 0 heterocycles. The van der Waals surface area contributed by atoms with Crippen LogP contribution in [0.4, 0.5) is 5.69 Å². The van der Waals surface area contributed by atoms with Crippen molar-refractivity contribution in [2.24, 2.45) is 11.3 Å².